The Labute approximate surface area is 178 Å². The van der Waals surface area contributed by atoms with Gasteiger partial charge >= 0.3 is 6.03 Å². The molecule has 0 fully saturated rings. The SMILES string of the molecule is C=CC(/C=C\CC)=NC(=O)N1CCn2nc(-c3ccc(F)c(Cl)c3)c(C(N)=O)c2C1. The normalized spacial score (nSPS) is 14.1. The van der Waals surface area contributed by atoms with Crippen LogP contribution in [0.1, 0.15) is 29.4 Å². The maximum atomic E-state index is 13.5. The molecule has 1 aromatic carbocycles. The van der Waals surface area contributed by atoms with Crippen molar-refractivity contribution in [2.45, 2.75) is 26.4 Å². The van der Waals surface area contributed by atoms with Crippen LogP contribution < -0.4 is 5.73 Å². The molecule has 30 heavy (non-hydrogen) atoms. The highest BCUT2D eigenvalue weighted by Crippen LogP contribution is 2.30. The summed E-state index contributed by atoms with van der Waals surface area (Å²) < 4.78 is 15.2. The number of hydrogen-bond acceptors (Lipinski definition) is 3. The van der Waals surface area contributed by atoms with E-state index in [0.717, 1.165) is 6.42 Å². The van der Waals surface area contributed by atoms with Crippen molar-refractivity contribution in [1.29, 1.82) is 0 Å². The molecule has 9 heteroatoms. The first-order valence-corrected chi connectivity index (χ1v) is 9.75. The largest absolute Gasteiger partial charge is 0.365 e. The average molecular weight is 430 g/mol. The second kappa shape index (κ2) is 9.04. The van der Waals surface area contributed by atoms with E-state index in [1.165, 1.54) is 29.2 Å². The van der Waals surface area contributed by atoms with Crippen molar-refractivity contribution in [3.05, 3.63) is 65.1 Å². The van der Waals surface area contributed by atoms with Gasteiger partial charge in [0.05, 0.1) is 35.1 Å². The van der Waals surface area contributed by atoms with E-state index in [9.17, 15) is 14.0 Å². The van der Waals surface area contributed by atoms with Crippen molar-refractivity contribution in [1.82, 2.24) is 14.7 Å². The van der Waals surface area contributed by atoms with Gasteiger partial charge in [-0.2, -0.15) is 10.1 Å². The van der Waals surface area contributed by atoms with Crippen molar-refractivity contribution in [3.8, 4) is 11.3 Å². The summed E-state index contributed by atoms with van der Waals surface area (Å²) in [4.78, 5) is 30.4. The first kappa shape index (κ1) is 21.4. The summed E-state index contributed by atoms with van der Waals surface area (Å²) in [5.74, 6) is -1.27. The van der Waals surface area contributed by atoms with Crippen LogP contribution in [-0.4, -0.2) is 38.9 Å². The minimum atomic E-state index is -0.692. The number of benzene rings is 1. The lowest BCUT2D eigenvalue weighted by Crippen LogP contribution is -2.38. The van der Waals surface area contributed by atoms with Crippen molar-refractivity contribution < 1.29 is 14.0 Å². The summed E-state index contributed by atoms with van der Waals surface area (Å²) in [6, 6.07) is 3.62. The zero-order valence-electron chi connectivity index (χ0n) is 16.4. The molecule has 0 saturated heterocycles. The fraction of sp³-hybridized carbons (Fsp3) is 0.238. The highest BCUT2D eigenvalue weighted by atomic mass is 35.5. The second-order valence-corrected chi connectivity index (χ2v) is 7.05. The molecule has 2 aromatic rings. The van der Waals surface area contributed by atoms with Crippen LogP contribution in [0.15, 0.2) is 48.0 Å². The van der Waals surface area contributed by atoms with Gasteiger partial charge in [0.1, 0.15) is 11.5 Å². The number of hydrogen-bond donors (Lipinski definition) is 1. The molecule has 0 aliphatic carbocycles. The summed E-state index contributed by atoms with van der Waals surface area (Å²) in [6.07, 6.45) is 5.92. The lowest BCUT2D eigenvalue weighted by Gasteiger charge is -2.26. The Kier molecular flexibility index (Phi) is 6.47. The topological polar surface area (TPSA) is 93.6 Å². The average Bonchev–Trinajstić information content (AvgIpc) is 3.11. The molecule has 0 unspecified atom stereocenters. The number of halogens is 2. The number of nitrogens with zero attached hydrogens (tertiary/aromatic N) is 4. The van der Waals surface area contributed by atoms with E-state index in [-0.39, 0.29) is 17.1 Å². The molecule has 1 aliphatic rings. The third-order valence-corrected chi connectivity index (χ3v) is 4.94. The van der Waals surface area contributed by atoms with E-state index >= 15 is 0 Å². The lowest BCUT2D eigenvalue weighted by atomic mass is 10.0. The quantitative estimate of drug-likeness (QED) is 0.728. The molecule has 0 radical (unpaired) electrons. The van der Waals surface area contributed by atoms with Crippen molar-refractivity contribution in [2.75, 3.05) is 6.54 Å². The molecule has 2 N–H and O–H groups in total. The first-order valence-electron chi connectivity index (χ1n) is 9.37. The highest BCUT2D eigenvalue weighted by Gasteiger charge is 2.29. The standard InChI is InChI=1S/C21H21ClFN5O2/c1-3-5-6-14(4-2)25-21(30)27-9-10-28-17(12-27)18(20(24)29)19(26-28)13-7-8-16(23)15(22)11-13/h4-8,11H,2-3,9-10,12H2,1H3,(H2,24,29)/b6-5-,25-14?. The van der Waals surface area contributed by atoms with Gasteiger partial charge in [-0.25, -0.2) is 9.18 Å². The predicted molar refractivity (Wildman–Crippen MR) is 114 cm³/mol. The third-order valence-electron chi connectivity index (χ3n) is 4.65. The van der Waals surface area contributed by atoms with Gasteiger partial charge < -0.3 is 10.6 Å². The monoisotopic (exact) mass is 429 g/mol. The van der Waals surface area contributed by atoms with E-state index in [1.54, 1.807) is 10.8 Å². The summed E-state index contributed by atoms with van der Waals surface area (Å²) in [6.45, 7) is 6.48. The number of allylic oxidation sites excluding steroid dienone is 3. The van der Waals surface area contributed by atoms with Crippen molar-refractivity contribution in [2.24, 2.45) is 10.7 Å². The number of rotatable bonds is 5. The van der Waals surface area contributed by atoms with Crippen LogP contribution in [0.25, 0.3) is 11.3 Å². The van der Waals surface area contributed by atoms with Crippen molar-refractivity contribution >= 4 is 29.3 Å². The van der Waals surface area contributed by atoms with Gasteiger partial charge in [0, 0.05) is 12.1 Å². The fourth-order valence-corrected chi connectivity index (χ4v) is 3.34. The second-order valence-electron chi connectivity index (χ2n) is 6.64. The van der Waals surface area contributed by atoms with Gasteiger partial charge in [-0.1, -0.05) is 31.2 Å². The summed E-state index contributed by atoms with van der Waals surface area (Å²) in [7, 11) is 0. The Morgan fingerprint density at radius 3 is 2.80 bits per heavy atom. The number of carbonyl (C=O) groups excluding carboxylic acids is 2. The molecule has 0 atom stereocenters. The van der Waals surface area contributed by atoms with E-state index in [1.807, 2.05) is 13.0 Å². The number of nitrogens with two attached hydrogens (primary N) is 1. The molecular formula is C21H21ClFN5O2. The van der Waals surface area contributed by atoms with Crippen LogP contribution >= 0.6 is 11.6 Å². The Bertz CT molecular complexity index is 1070. The van der Waals surface area contributed by atoms with Crippen LogP contribution in [0.3, 0.4) is 0 Å². The minimum absolute atomic E-state index is 0.0860. The van der Waals surface area contributed by atoms with Gasteiger partial charge in [-0.15, -0.1) is 0 Å². The van der Waals surface area contributed by atoms with E-state index in [2.05, 4.69) is 16.7 Å². The number of amides is 3. The minimum Gasteiger partial charge on any atom is -0.365 e. The van der Waals surface area contributed by atoms with Crippen LogP contribution in [0, 0.1) is 5.82 Å². The number of aliphatic imine (C=N–C) groups is 1. The van der Waals surface area contributed by atoms with Gasteiger partial charge in [-0.3, -0.25) is 9.48 Å². The number of fused-ring (bicyclic) bond motifs is 1. The van der Waals surface area contributed by atoms with Crippen LogP contribution in [0.5, 0.6) is 0 Å². The maximum absolute atomic E-state index is 13.5. The smallest absolute Gasteiger partial charge is 0.344 e. The molecule has 0 saturated carbocycles. The Morgan fingerprint density at radius 2 is 2.17 bits per heavy atom. The lowest BCUT2D eigenvalue weighted by molar-refractivity contribution is 0.0997. The molecule has 3 amide bonds. The van der Waals surface area contributed by atoms with Gasteiger partial charge in [0.2, 0.25) is 0 Å². The molecule has 0 spiro atoms. The predicted octanol–water partition coefficient (Wildman–Crippen LogP) is 3.97. The van der Waals surface area contributed by atoms with E-state index in [0.29, 0.717) is 35.8 Å². The van der Waals surface area contributed by atoms with Gasteiger partial charge in [0.15, 0.2) is 0 Å². The Morgan fingerprint density at radius 1 is 1.40 bits per heavy atom. The van der Waals surface area contributed by atoms with Crippen LogP contribution in [0.4, 0.5) is 9.18 Å². The molecule has 156 valence electrons. The van der Waals surface area contributed by atoms with E-state index in [4.69, 9.17) is 17.3 Å². The Balaban J connectivity index is 1.96. The van der Waals surface area contributed by atoms with Gasteiger partial charge in [-0.05, 0) is 36.8 Å². The third kappa shape index (κ3) is 4.33. The van der Waals surface area contributed by atoms with E-state index < -0.39 is 17.8 Å². The van der Waals surface area contributed by atoms with Crippen LogP contribution in [-0.2, 0) is 13.1 Å². The summed E-state index contributed by atoms with van der Waals surface area (Å²) in [5.41, 5.74) is 7.51. The number of aromatic nitrogens is 2. The fourth-order valence-electron chi connectivity index (χ4n) is 3.16. The summed E-state index contributed by atoms with van der Waals surface area (Å²) in [5, 5.41) is 4.37. The molecule has 7 nitrogen and oxygen atoms in total. The molecule has 2 heterocycles. The summed E-state index contributed by atoms with van der Waals surface area (Å²) >= 11 is 5.88. The number of carbonyl (C=O) groups is 2. The van der Waals surface area contributed by atoms with Crippen LogP contribution in [0.2, 0.25) is 5.02 Å². The number of primary amides is 1. The molecule has 1 aliphatic heterocycles. The molecule has 1 aromatic heterocycles. The zero-order valence-corrected chi connectivity index (χ0v) is 17.2. The highest BCUT2D eigenvalue weighted by molar-refractivity contribution is 6.31. The number of urea groups is 1. The first-order chi connectivity index (χ1) is 14.3. The molecular weight excluding hydrogens is 409 g/mol. The Hall–Kier alpha value is -3.26. The van der Waals surface area contributed by atoms with Crippen molar-refractivity contribution in [3.63, 3.8) is 0 Å². The zero-order chi connectivity index (χ0) is 21.8. The molecule has 3 rings (SSSR count). The van der Waals surface area contributed by atoms with Gasteiger partial charge in [0.25, 0.3) is 5.91 Å². The maximum Gasteiger partial charge on any atom is 0.344 e. The molecule has 0 bridgehead atoms.